The Bertz CT molecular complexity index is 1350. The van der Waals surface area contributed by atoms with Gasteiger partial charge in [-0.2, -0.15) is 0 Å². The third-order valence-electron chi connectivity index (χ3n) is 6.43. The third-order valence-corrected chi connectivity index (χ3v) is 6.43. The zero-order valence-corrected chi connectivity index (χ0v) is 19.4. The SMILES string of the molecule is O=C(Cc1ccc(-c2ccc(F)cc2F)cc1)Nc1ccc2nc(CN3CCCCC3)ccc2c1. The summed E-state index contributed by atoms with van der Waals surface area (Å²) >= 11 is 0. The Morgan fingerprint density at radius 2 is 1.69 bits per heavy atom. The van der Waals surface area contributed by atoms with Gasteiger partial charge in [0.15, 0.2) is 0 Å². The van der Waals surface area contributed by atoms with Gasteiger partial charge in [0.1, 0.15) is 11.6 Å². The van der Waals surface area contributed by atoms with E-state index in [9.17, 15) is 13.6 Å². The Balaban J connectivity index is 1.21. The van der Waals surface area contributed by atoms with E-state index in [1.165, 1.54) is 31.4 Å². The highest BCUT2D eigenvalue weighted by Gasteiger charge is 2.12. The zero-order valence-electron chi connectivity index (χ0n) is 19.4. The van der Waals surface area contributed by atoms with Crippen LogP contribution in [-0.2, 0) is 17.8 Å². The number of pyridine rings is 1. The number of anilines is 1. The lowest BCUT2D eigenvalue weighted by Crippen LogP contribution is -2.29. The first-order chi connectivity index (χ1) is 17.0. The van der Waals surface area contributed by atoms with Crippen LogP contribution in [0.4, 0.5) is 14.5 Å². The molecule has 0 spiro atoms. The lowest BCUT2D eigenvalue weighted by Gasteiger charge is -2.26. The highest BCUT2D eigenvalue weighted by Crippen LogP contribution is 2.24. The van der Waals surface area contributed by atoms with E-state index in [0.29, 0.717) is 11.1 Å². The van der Waals surface area contributed by atoms with Crippen molar-refractivity contribution in [3.63, 3.8) is 0 Å². The minimum atomic E-state index is -0.611. The summed E-state index contributed by atoms with van der Waals surface area (Å²) in [5.74, 6) is -1.36. The predicted octanol–water partition coefficient (Wildman–Crippen LogP) is 6.35. The molecule has 0 saturated carbocycles. The molecule has 6 heteroatoms. The van der Waals surface area contributed by atoms with Crippen LogP contribution in [0, 0.1) is 11.6 Å². The molecule has 35 heavy (non-hydrogen) atoms. The number of carbonyl (C=O) groups excluding carboxylic acids is 1. The Morgan fingerprint density at radius 3 is 2.46 bits per heavy atom. The summed E-state index contributed by atoms with van der Waals surface area (Å²) in [6.45, 7) is 3.15. The average molecular weight is 472 g/mol. The number of rotatable bonds is 6. The second-order valence-electron chi connectivity index (χ2n) is 9.09. The van der Waals surface area contributed by atoms with E-state index >= 15 is 0 Å². The summed E-state index contributed by atoms with van der Waals surface area (Å²) in [5, 5.41) is 3.93. The van der Waals surface area contributed by atoms with E-state index in [0.717, 1.165) is 53.5 Å². The largest absolute Gasteiger partial charge is 0.326 e. The van der Waals surface area contributed by atoms with E-state index in [1.54, 1.807) is 24.3 Å². The maximum atomic E-state index is 14.0. The lowest BCUT2D eigenvalue weighted by molar-refractivity contribution is -0.115. The molecule has 0 bridgehead atoms. The monoisotopic (exact) mass is 471 g/mol. The van der Waals surface area contributed by atoms with Crippen molar-refractivity contribution >= 4 is 22.5 Å². The van der Waals surface area contributed by atoms with Crippen LogP contribution in [-0.4, -0.2) is 28.9 Å². The second-order valence-corrected chi connectivity index (χ2v) is 9.09. The number of fused-ring (bicyclic) bond motifs is 1. The molecule has 1 amide bonds. The van der Waals surface area contributed by atoms with Crippen LogP contribution in [0.3, 0.4) is 0 Å². The molecule has 4 aromatic rings. The van der Waals surface area contributed by atoms with Crippen LogP contribution in [0.25, 0.3) is 22.0 Å². The van der Waals surface area contributed by atoms with Gasteiger partial charge in [-0.05, 0) is 73.5 Å². The number of piperidine rings is 1. The van der Waals surface area contributed by atoms with Crippen molar-refractivity contribution in [3.05, 3.63) is 95.7 Å². The number of carbonyl (C=O) groups is 1. The van der Waals surface area contributed by atoms with Gasteiger partial charge in [-0.25, -0.2) is 8.78 Å². The van der Waals surface area contributed by atoms with E-state index in [1.807, 2.05) is 18.2 Å². The smallest absolute Gasteiger partial charge is 0.228 e. The van der Waals surface area contributed by atoms with Crippen molar-refractivity contribution in [1.29, 1.82) is 0 Å². The number of nitrogens with zero attached hydrogens (tertiary/aromatic N) is 2. The highest BCUT2D eigenvalue weighted by molar-refractivity contribution is 5.94. The van der Waals surface area contributed by atoms with Crippen molar-refractivity contribution in [3.8, 4) is 11.1 Å². The van der Waals surface area contributed by atoms with E-state index in [4.69, 9.17) is 4.98 Å². The first kappa shape index (κ1) is 23.1. The fraction of sp³-hybridized carbons (Fsp3) is 0.241. The summed E-state index contributed by atoms with van der Waals surface area (Å²) in [5.41, 5.74) is 4.47. The molecular formula is C29H27F2N3O. The normalized spacial score (nSPS) is 14.2. The van der Waals surface area contributed by atoms with Crippen LogP contribution >= 0.6 is 0 Å². The molecule has 1 aromatic heterocycles. The Morgan fingerprint density at radius 1 is 0.886 bits per heavy atom. The summed E-state index contributed by atoms with van der Waals surface area (Å²) in [7, 11) is 0. The highest BCUT2D eigenvalue weighted by atomic mass is 19.1. The number of hydrogen-bond donors (Lipinski definition) is 1. The maximum absolute atomic E-state index is 14.0. The fourth-order valence-corrected chi connectivity index (χ4v) is 4.60. The summed E-state index contributed by atoms with van der Waals surface area (Å²) in [6, 6.07) is 20.4. The number of hydrogen-bond acceptors (Lipinski definition) is 3. The molecule has 4 nitrogen and oxygen atoms in total. The van der Waals surface area contributed by atoms with Gasteiger partial charge < -0.3 is 5.32 Å². The molecule has 2 heterocycles. The van der Waals surface area contributed by atoms with Gasteiger partial charge in [0.05, 0.1) is 17.6 Å². The molecule has 0 radical (unpaired) electrons. The number of likely N-dealkylation sites (tertiary alicyclic amines) is 1. The topological polar surface area (TPSA) is 45.2 Å². The molecule has 5 rings (SSSR count). The second kappa shape index (κ2) is 10.3. The molecule has 0 aliphatic carbocycles. The van der Waals surface area contributed by atoms with Crippen molar-refractivity contribution in [2.24, 2.45) is 0 Å². The molecule has 0 unspecified atom stereocenters. The first-order valence-corrected chi connectivity index (χ1v) is 12.0. The van der Waals surface area contributed by atoms with Gasteiger partial charge in [0.2, 0.25) is 5.91 Å². The van der Waals surface area contributed by atoms with Gasteiger partial charge >= 0.3 is 0 Å². The molecule has 178 valence electrons. The van der Waals surface area contributed by atoms with Crippen LogP contribution in [0.2, 0.25) is 0 Å². The van der Waals surface area contributed by atoms with Crippen molar-refractivity contribution in [1.82, 2.24) is 9.88 Å². The summed E-state index contributed by atoms with van der Waals surface area (Å²) in [4.78, 5) is 19.9. The maximum Gasteiger partial charge on any atom is 0.228 e. The van der Waals surface area contributed by atoms with Gasteiger partial charge in [-0.1, -0.05) is 36.8 Å². The summed E-state index contributed by atoms with van der Waals surface area (Å²) in [6.07, 6.45) is 4.02. The van der Waals surface area contributed by atoms with Crippen LogP contribution in [0.5, 0.6) is 0 Å². The number of amides is 1. The van der Waals surface area contributed by atoms with Crippen molar-refractivity contribution < 1.29 is 13.6 Å². The Labute approximate surface area is 203 Å². The average Bonchev–Trinajstić information content (AvgIpc) is 2.85. The molecule has 1 aliphatic rings. The quantitative estimate of drug-likeness (QED) is 0.357. The van der Waals surface area contributed by atoms with Gasteiger partial charge in [0.25, 0.3) is 0 Å². The van der Waals surface area contributed by atoms with Crippen LogP contribution in [0.15, 0.2) is 72.8 Å². The van der Waals surface area contributed by atoms with Gasteiger partial charge in [-0.15, -0.1) is 0 Å². The fourth-order valence-electron chi connectivity index (χ4n) is 4.60. The number of halogens is 2. The standard InChI is InChI=1S/C29H27F2N3O/c30-23-9-12-26(27(31)18-23)21-6-4-20(5-7-21)16-29(35)33-24-11-13-28-22(17-24)8-10-25(32-28)19-34-14-2-1-3-15-34/h4-13,17-18H,1-3,14-16,19H2,(H,33,35). The molecule has 1 saturated heterocycles. The minimum Gasteiger partial charge on any atom is -0.326 e. The third kappa shape index (κ3) is 5.72. The molecule has 3 aromatic carbocycles. The van der Waals surface area contributed by atoms with Crippen LogP contribution < -0.4 is 5.32 Å². The summed E-state index contributed by atoms with van der Waals surface area (Å²) < 4.78 is 27.2. The first-order valence-electron chi connectivity index (χ1n) is 12.0. The van der Waals surface area contributed by atoms with E-state index < -0.39 is 11.6 Å². The molecule has 1 aliphatic heterocycles. The number of nitrogens with one attached hydrogen (secondary N) is 1. The zero-order chi connectivity index (χ0) is 24.2. The van der Waals surface area contributed by atoms with Gasteiger partial charge in [0, 0.05) is 29.2 Å². The minimum absolute atomic E-state index is 0.139. The van der Waals surface area contributed by atoms with Crippen molar-refractivity contribution in [2.45, 2.75) is 32.2 Å². The molecular weight excluding hydrogens is 444 g/mol. The van der Waals surface area contributed by atoms with Crippen LogP contribution in [0.1, 0.15) is 30.5 Å². The Hall–Kier alpha value is -3.64. The van der Waals surface area contributed by atoms with Gasteiger partial charge in [-0.3, -0.25) is 14.7 Å². The molecule has 1 fully saturated rings. The van der Waals surface area contributed by atoms with E-state index in [2.05, 4.69) is 22.3 Å². The lowest BCUT2D eigenvalue weighted by atomic mass is 10.0. The van der Waals surface area contributed by atoms with E-state index in [-0.39, 0.29) is 12.3 Å². The molecule has 1 N–H and O–H groups in total. The van der Waals surface area contributed by atoms with Crippen molar-refractivity contribution in [2.75, 3.05) is 18.4 Å². The number of benzene rings is 3. The molecule has 0 atom stereocenters. The number of aromatic nitrogens is 1. The predicted molar refractivity (Wildman–Crippen MR) is 135 cm³/mol. The Kier molecular flexibility index (Phi) is 6.82.